The molecule has 1 heterocycles. The van der Waals surface area contributed by atoms with Gasteiger partial charge in [0.15, 0.2) is 0 Å². The third kappa shape index (κ3) is 3.26. The quantitative estimate of drug-likeness (QED) is 0.764. The number of amides is 1. The molecule has 3 heteroatoms. The normalized spacial score (nSPS) is 24.5. The number of rotatable bonds is 2. The Morgan fingerprint density at radius 2 is 1.86 bits per heavy atom. The smallest absolute Gasteiger partial charge is 0.226 e. The molecule has 2 nitrogen and oxygen atoms in total. The molecule has 0 bridgehead atoms. The fourth-order valence-corrected chi connectivity index (χ4v) is 4.00. The number of benzene rings is 1. The Hall–Kier alpha value is -1.02. The second kappa shape index (κ2) is 6.39. The second-order valence-electron chi connectivity index (χ2n) is 6.55. The topological polar surface area (TPSA) is 20.3 Å². The van der Waals surface area contributed by atoms with E-state index in [4.69, 9.17) is 11.6 Å². The summed E-state index contributed by atoms with van der Waals surface area (Å²) in [5, 5.41) is 0.226. The Morgan fingerprint density at radius 3 is 2.52 bits per heavy atom. The van der Waals surface area contributed by atoms with E-state index in [9.17, 15) is 4.79 Å². The third-order valence-electron chi connectivity index (χ3n) is 5.20. The molecular formula is C18H24ClNO. The van der Waals surface area contributed by atoms with Gasteiger partial charge in [-0.3, -0.25) is 4.79 Å². The van der Waals surface area contributed by atoms with Gasteiger partial charge >= 0.3 is 0 Å². The summed E-state index contributed by atoms with van der Waals surface area (Å²) in [5.41, 5.74) is 2.79. The van der Waals surface area contributed by atoms with Gasteiger partial charge in [-0.1, -0.05) is 24.3 Å². The molecule has 0 aromatic heterocycles. The van der Waals surface area contributed by atoms with E-state index in [2.05, 4.69) is 36.1 Å². The van der Waals surface area contributed by atoms with E-state index in [1.165, 1.54) is 11.1 Å². The van der Waals surface area contributed by atoms with E-state index < -0.39 is 0 Å². The first kappa shape index (κ1) is 14.9. The molecule has 21 heavy (non-hydrogen) atoms. The van der Waals surface area contributed by atoms with Crippen molar-refractivity contribution in [1.82, 2.24) is 4.90 Å². The van der Waals surface area contributed by atoms with Gasteiger partial charge in [-0.25, -0.2) is 0 Å². The van der Waals surface area contributed by atoms with Crippen LogP contribution in [0.15, 0.2) is 24.3 Å². The van der Waals surface area contributed by atoms with Crippen LogP contribution < -0.4 is 0 Å². The van der Waals surface area contributed by atoms with Crippen molar-refractivity contribution in [2.24, 2.45) is 11.8 Å². The van der Waals surface area contributed by atoms with Gasteiger partial charge in [0, 0.05) is 24.4 Å². The van der Waals surface area contributed by atoms with Crippen LogP contribution in [-0.4, -0.2) is 29.3 Å². The number of hydrogen-bond acceptors (Lipinski definition) is 1. The number of piperidine rings is 1. The molecule has 114 valence electrons. The molecule has 1 saturated heterocycles. The first-order valence-corrected chi connectivity index (χ1v) is 8.58. The molecule has 1 aliphatic heterocycles. The van der Waals surface area contributed by atoms with Crippen LogP contribution in [0.25, 0.3) is 0 Å². The van der Waals surface area contributed by atoms with Crippen molar-refractivity contribution < 1.29 is 4.79 Å². The second-order valence-corrected chi connectivity index (χ2v) is 7.24. The van der Waals surface area contributed by atoms with Gasteiger partial charge in [-0.2, -0.15) is 0 Å². The van der Waals surface area contributed by atoms with Crippen molar-refractivity contribution in [3.63, 3.8) is 0 Å². The summed E-state index contributed by atoms with van der Waals surface area (Å²) >= 11 is 6.19. The fourth-order valence-electron chi connectivity index (χ4n) is 3.75. The predicted octanol–water partition coefficient (Wildman–Crippen LogP) is 3.66. The highest BCUT2D eigenvalue weighted by Gasteiger charge is 2.31. The van der Waals surface area contributed by atoms with Gasteiger partial charge < -0.3 is 4.90 Å². The lowest BCUT2D eigenvalue weighted by Gasteiger charge is -2.36. The van der Waals surface area contributed by atoms with Gasteiger partial charge in [-0.05, 0) is 56.1 Å². The number of fused-ring (bicyclic) bond motifs is 1. The van der Waals surface area contributed by atoms with Crippen molar-refractivity contribution in [2.75, 3.05) is 13.1 Å². The number of alkyl halides is 1. The standard InChI is InChI=1S/C18H24ClNO/c1-13(19)14-8-10-20(11-9-14)18(21)17-7-6-15-4-2-3-5-16(15)12-17/h2-5,13-14,17H,6-12H2,1H3. The minimum absolute atomic E-state index is 0.185. The lowest BCUT2D eigenvalue weighted by atomic mass is 9.82. The number of nitrogens with zero attached hydrogens (tertiary/aromatic N) is 1. The molecule has 1 amide bonds. The van der Waals surface area contributed by atoms with E-state index in [0.29, 0.717) is 11.8 Å². The summed E-state index contributed by atoms with van der Waals surface area (Å²) in [7, 11) is 0. The largest absolute Gasteiger partial charge is 0.342 e. The zero-order chi connectivity index (χ0) is 14.8. The van der Waals surface area contributed by atoms with Crippen molar-refractivity contribution in [1.29, 1.82) is 0 Å². The zero-order valence-corrected chi connectivity index (χ0v) is 13.5. The van der Waals surface area contributed by atoms with Crippen LogP contribution in [0.1, 0.15) is 37.3 Å². The summed E-state index contributed by atoms with van der Waals surface area (Å²) in [5.74, 6) is 1.12. The van der Waals surface area contributed by atoms with E-state index >= 15 is 0 Å². The van der Waals surface area contributed by atoms with Crippen molar-refractivity contribution >= 4 is 17.5 Å². The Bertz CT molecular complexity index is 506. The van der Waals surface area contributed by atoms with Gasteiger partial charge in [-0.15, -0.1) is 11.6 Å². The molecular weight excluding hydrogens is 282 g/mol. The van der Waals surface area contributed by atoms with E-state index in [-0.39, 0.29) is 11.3 Å². The Balaban J connectivity index is 1.60. The Labute approximate surface area is 132 Å². The number of carbonyl (C=O) groups excluding carboxylic acids is 1. The molecule has 0 saturated carbocycles. The first-order chi connectivity index (χ1) is 10.1. The molecule has 2 atom stereocenters. The van der Waals surface area contributed by atoms with Gasteiger partial charge in [0.25, 0.3) is 0 Å². The average molecular weight is 306 g/mol. The number of carbonyl (C=O) groups is 1. The maximum Gasteiger partial charge on any atom is 0.226 e. The number of halogens is 1. The highest BCUT2D eigenvalue weighted by atomic mass is 35.5. The van der Waals surface area contributed by atoms with Crippen molar-refractivity contribution in [3.05, 3.63) is 35.4 Å². The molecule has 1 aliphatic carbocycles. The fraction of sp³-hybridized carbons (Fsp3) is 0.611. The van der Waals surface area contributed by atoms with Crippen molar-refractivity contribution in [2.45, 2.75) is 44.4 Å². The summed E-state index contributed by atoms with van der Waals surface area (Å²) in [6.07, 6.45) is 5.07. The summed E-state index contributed by atoms with van der Waals surface area (Å²) in [4.78, 5) is 14.8. The van der Waals surface area contributed by atoms with Crippen molar-refractivity contribution in [3.8, 4) is 0 Å². The average Bonchev–Trinajstić information content (AvgIpc) is 2.54. The number of hydrogen-bond donors (Lipinski definition) is 0. The van der Waals surface area contributed by atoms with Crippen LogP contribution in [0.4, 0.5) is 0 Å². The first-order valence-electron chi connectivity index (χ1n) is 8.15. The Morgan fingerprint density at radius 1 is 1.19 bits per heavy atom. The highest BCUT2D eigenvalue weighted by molar-refractivity contribution is 6.20. The van der Waals surface area contributed by atoms with Crippen LogP contribution in [-0.2, 0) is 17.6 Å². The highest BCUT2D eigenvalue weighted by Crippen LogP contribution is 2.29. The number of likely N-dealkylation sites (tertiary alicyclic amines) is 1. The molecule has 3 rings (SSSR count). The van der Waals surface area contributed by atoms with Crippen LogP contribution in [0.5, 0.6) is 0 Å². The lowest BCUT2D eigenvalue weighted by molar-refractivity contribution is -0.137. The molecule has 0 radical (unpaired) electrons. The SMILES string of the molecule is CC(Cl)C1CCN(C(=O)C2CCc3ccccc3C2)CC1. The zero-order valence-electron chi connectivity index (χ0n) is 12.7. The molecule has 1 aromatic rings. The summed E-state index contributed by atoms with van der Waals surface area (Å²) in [6, 6.07) is 8.55. The monoisotopic (exact) mass is 305 g/mol. The number of aryl methyl sites for hydroxylation is 1. The maximum absolute atomic E-state index is 12.7. The van der Waals surface area contributed by atoms with Crippen LogP contribution in [0.2, 0.25) is 0 Å². The lowest BCUT2D eigenvalue weighted by Crippen LogP contribution is -2.44. The molecule has 2 unspecified atom stereocenters. The van der Waals surface area contributed by atoms with Crippen LogP contribution in [0, 0.1) is 11.8 Å². The van der Waals surface area contributed by atoms with E-state index in [1.54, 1.807) is 0 Å². The van der Waals surface area contributed by atoms with Gasteiger partial charge in [0.05, 0.1) is 0 Å². The summed E-state index contributed by atoms with van der Waals surface area (Å²) in [6.45, 7) is 3.85. The molecule has 0 N–H and O–H groups in total. The molecule has 2 aliphatic rings. The predicted molar refractivity (Wildman–Crippen MR) is 86.6 cm³/mol. The minimum atomic E-state index is 0.185. The van der Waals surface area contributed by atoms with E-state index in [0.717, 1.165) is 45.2 Å². The van der Waals surface area contributed by atoms with Crippen LogP contribution >= 0.6 is 11.6 Å². The third-order valence-corrected chi connectivity index (χ3v) is 5.55. The molecule has 1 fully saturated rings. The molecule has 0 spiro atoms. The van der Waals surface area contributed by atoms with E-state index in [1.807, 2.05) is 0 Å². The van der Waals surface area contributed by atoms with Crippen LogP contribution in [0.3, 0.4) is 0 Å². The maximum atomic E-state index is 12.7. The minimum Gasteiger partial charge on any atom is -0.342 e. The molecule has 1 aromatic carbocycles. The van der Waals surface area contributed by atoms with Gasteiger partial charge in [0.2, 0.25) is 5.91 Å². The Kier molecular flexibility index (Phi) is 4.54. The van der Waals surface area contributed by atoms with Gasteiger partial charge in [0.1, 0.15) is 0 Å². The summed E-state index contributed by atoms with van der Waals surface area (Å²) < 4.78 is 0.